The van der Waals surface area contributed by atoms with Crippen LogP contribution in [0.25, 0.3) is 0 Å². The standard InChI is InChI=1S/C21H26N2O5S/c1-27-15-14-23-12-10-17(11-13-23)28-16-6-8-18(9-7-16)29(25,26)20-5-3-2-4-19(20)21(22)24/h2-9,17H,10-15H2,1H3,(H2,22,24). The summed E-state index contributed by atoms with van der Waals surface area (Å²) in [4.78, 5) is 13.9. The summed E-state index contributed by atoms with van der Waals surface area (Å²) in [7, 11) is -2.15. The molecule has 3 rings (SSSR count). The Morgan fingerprint density at radius 2 is 1.76 bits per heavy atom. The highest BCUT2D eigenvalue weighted by molar-refractivity contribution is 7.91. The number of rotatable bonds is 8. The van der Waals surface area contributed by atoms with Crippen molar-refractivity contribution >= 4 is 15.7 Å². The molecule has 0 spiro atoms. The number of carbonyl (C=O) groups excluding carboxylic acids is 1. The molecular formula is C21H26N2O5S. The Labute approximate surface area is 171 Å². The van der Waals surface area contributed by atoms with Crippen LogP contribution >= 0.6 is 0 Å². The Kier molecular flexibility index (Phi) is 6.89. The fourth-order valence-electron chi connectivity index (χ4n) is 3.39. The second-order valence-corrected chi connectivity index (χ2v) is 8.91. The van der Waals surface area contributed by atoms with E-state index in [0.29, 0.717) is 5.75 Å². The van der Waals surface area contributed by atoms with Crippen molar-refractivity contribution in [2.45, 2.75) is 28.7 Å². The first kappa shape index (κ1) is 21.3. The predicted octanol–water partition coefficient (Wildman–Crippen LogP) is 2.11. The molecule has 2 aromatic carbocycles. The molecule has 0 aliphatic carbocycles. The highest BCUT2D eigenvalue weighted by atomic mass is 32.2. The van der Waals surface area contributed by atoms with Gasteiger partial charge in [-0.2, -0.15) is 0 Å². The largest absolute Gasteiger partial charge is 0.490 e. The van der Waals surface area contributed by atoms with Gasteiger partial charge in [0.1, 0.15) is 11.9 Å². The lowest BCUT2D eigenvalue weighted by molar-refractivity contribution is 0.0797. The number of benzene rings is 2. The molecule has 2 aromatic rings. The third-order valence-electron chi connectivity index (χ3n) is 5.03. The van der Waals surface area contributed by atoms with Gasteiger partial charge in [0.2, 0.25) is 15.7 Å². The number of amides is 1. The Bertz CT molecular complexity index is 936. The normalized spacial score (nSPS) is 15.9. The van der Waals surface area contributed by atoms with Crippen molar-refractivity contribution in [3.63, 3.8) is 0 Å². The van der Waals surface area contributed by atoms with Gasteiger partial charge in [-0.05, 0) is 49.2 Å². The molecule has 7 nitrogen and oxygen atoms in total. The van der Waals surface area contributed by atoms with Crippen LogP contribution in [-0.4, -0.2) is 58.7 Å². The number of sulfone groups is 1. The minimum absolute atomic E-state index is 0.0203. The second kappa shape index (κ2) is 9.39. The van der Waals surface area contributed by atoms with Crippen molar-refractivity contribution in [2.24, 2.45) is 5.73 Å². The number of likely N-dealkylation sites (tertiary alicyclic amines) is 1. The van der Waals surface area contributed by atoms with E-state index in [1.165, 1.54) is 24.3 Å². The number of primary amides is 1. The highest BCUT2D eigenvalue weighted by Crippen LogP contribution is 2.26. The van der Waals surface area contributed by atoms with Crippen LogP contribution in [0.4, 0.5) is 0 Å². The zero-order chi connectivity index (χ0) is 20.9. The molecule has 0 saturated carbocycles. The number of hydrogen-bond acceptors (Lipinski definition) is 6. The van der Waals surface area contributed by atoms with Crippen LogP contribution in [-0.2, 0) is 14.6 Å². The van der Waals surface area contributed by atoms with Gasteiger partial charge in [0.25, 0.3) is 0 Å². The van der Waals surface area contributed by atoms with Gasteiger partial charge in [-0.15, -0.1) is 0 Å². The van der Waals surface area contributed by atoms with Crippen molar-refractivity contribution < 1.29 is 22.7 Å². The maximum absolute atomic E-state index is 12.9. The lowest BCUT2D eigenvalue weighted by Crippen LogP contribution is -2.39. The van der Waals surface area contributed by atoms with E-state index in [1.54, 1.807) is 31.4 Å². The quantitative estimate of drug-likeness (QED) is 0.705. The second-order valence-electron chi connectivity index (χ2n) is 6.99. The van der Waals surface area contributed by atoms with E-state index in [9.17, 15) is 13.2 Å². The summed E-state index contributed by atoms with van der Waals surface area (Å²) in [5, 5.41) is 0. The number of carbonyl (C=O) groups is 1. The first-order chi connectivity index (χ1) is 13.9. The fourth-order valence-corrected chi connectivity index (χ4v) is 4.86. The molecule has 0 bridgehead atoms. The minimum atomic E-state index is -3.86. The fraction of sp³-hybridized carbons (Fsp3) is 0.381. The molecule has 1 heterocycles. The highest BCUT2D eigenvalue weighted by Gasteiger charge is 2.24. The van der Waals surface area contributed by atoms with E-state index >= 15 is 0 Å². The molecule has 0 atom stereocenters. The third kappa shape index (κ3) is 5.14. The van der Waals surface area contributed by atoms with E-state index < -0.39 is 15.7 Å². The SMILES string of the molecule is COCCN1CCC(Oc2ccc(S(=O)(=O)c3ccccc3C(N)=O)cc2)CC1. The summed E-state index contributed by atoms with van der Waals surface area (Å²) < 4.78 is 37.0. The van der Waals surface area contributed by atoms with Crippen LogP contribution in [0.15, 0.2) is 58.3 Å². The van der Waals surface area contributed by atoms with E-state index in [2.05, 4.69) is 4.90 Å². The van der Waals surface area contributed by atoms with Crippen LogP contribution in [0.5, 0.6) is 5.75 Å². The van der Waals surface area contributed by atoms with Crippen LogP contribution in [0.3, 0.4) is 0 Å². The molecule has 1 aliphatic rings. The molecule has 0 unspecified atom stereocenters. The summed E-state index contributed by atoms with van der Waals surface area (Å²) in [6.07, 6.45) is 1.93. The van der Waals surface area contributed by atoms with Gasteiger partial charge in [0, 0.05) is 26.7 Å². The van der Waals surface area contributed by atoms with Crippen molar-refractivity contribution in [3.05, 3.63) is 54.1 Å². The van der Waals surface area contributed by atoms with Crippen LogP contribution in [0.2, 0.25) is 0 Å². The monoisotopic (exact) mass is 418 g/mol. The summed E-state index contributed by atoms with van der Waals surface area (Å²) in [5.74, 6) is -0.150. The zero-order valence-electron chi connectivity index (χ0n) is 16.4. The molecule has 1 aliphatic heterocycles. The van der Waals surface area contributed by atoms with E-state index in [4.69, 9.17) is 15.2 Å². The van der Waals surface area contributed by atoms with Crippen molar-refractivity contribution in [2.75, 3.05) is 33.4 Å². The number of nitrogens with zero attached hydrogens (tertiary/aromatic N) is 1. The van der Waals surface area contributed by atoms with Crippen LogP contribution < -0.4 is 10.5 Å². The molecule has 0 aromatic heterocycles. The smallest absolute Gasteiger partial charge is 0.250 e. The zero-order valence-corrected chi connectivity index (χ0v) is 17.2. The summed E-state index contributed by atoms with van der Waals surface area (Å²) in [5.41, 5.74) is 5.30. The lowest BCUT2D eigenvalue weighted by atomic mass is 10.1. The number of methoxy groups -OCH3 is 1. The predicted molar refractivity (Wildman–Crippen MR) is 109 cm³/mol. The van der Waals surface area contributed by atoms with Gasteiger partial charge in [-0.3, -0.25) is 4.79 Å². The number of piperidine rings is 1. The minimum Gasteiger partial charge on any atom is -0.490 e. The van der Waals surface area contributed by atoms with Gasteiger partial charge < -0.3 is 20.1 Å². The van der Waals surface area contributed by atoms with Gasteiger partial charge in [-0.1, -0.05) is 12.1 Å². The topological polar surface area (TPSA) is 98.9 Å². The maximum Gasteiger partial charge on any atom is 0.250 e. The average Bonchev–Trinajstić information content (AvgIpc) is 2.73. The van der Waals surface area contributed by atoms with E-state index in [0.717, 1.165) is 39.1 Å². The van der Waals surface area contributed by atoms with Gasteiger partial charge in [0.05, 0.1) is 22.0 Å². The van der Waals surface area contributed by atoms with Crippen molar-refractivity contribution in [1.29, 1.82) is 0 Å². The van der Waals surface area contributed by atoms with Gasteiger partial charge in [0.15, 0.2) is 0 Å². The van der Waals surface area contributed by atoms with Crippen molar-refractivity contribution in [3.8, 4) is 5.75 Å². The summed E-state index contributed by atoms with van der Waals surface area (Å²) in [6.45, 7) is 3.54. The van der Waals surface area contributed by atoms with Crippen molar-refractivity contribution in [1.82, 2.24) is 4.90 Å². The maximum atomic E-state index is 12.9. The third-order valence-corrected chi connectivity index (χ3v) is 6.85. The Balaban J connectivity index is 1.67. The summed E-state index contributed by atoms with van der Waals surface area (Å²) in [6, 6.07) is 12.2. The molecule has 1 fully saturated rings. The van der Waals surface area contributed by atoms with E-state index in [-0.39, 0.29) is 21.5 Å². The number of ether oxygens (including phenoxy) is 2. The van der Waals surface area contributed by atoms with Gasteiger partial charge >= 0.3 is 0 Å². The Hall–Kier alpha value is -2.42. The van der Waals surface area contributed by atoms with E-state index in [1.807, 2.05) is 0 Å². The molecule has 156 valence electrons. The molecule has 8 heteroatoms. The molecule has 1 saturated heterocycles. The molecular weight excluding hydrogens is 392 g/mol. The summed E-state index contributed by atoms with van der Waals surface area (Å²) >= 11 is 0. The number of nitrogens with two attached hydrogens (primary N) is 1. The first-order valence-electron chi connectivity index (χ1n) is 9.54. The molecule has 2 N–H and O–H groups in total. The number of hydrogen-bond donors (Lipinski definition) is 1. The molecule has 0 radical (unpaired) electrons. The van der Waals surface area contributed by atoms with Crippen LogP contribution in [0, 0.1) is 0 Å². The van der Waals surface area contributed by atoms with Crippen LogP contribution in [0.1, 0.15) is 23.2 Å². The van der Waals surface area contributed by atoms with Gasteiger partial charge in [-0.25, -0.2) is 8.42 Å². The lowest BCUT2D eigenvalue weighted by Gasteiger charge is -2.31. The Morgan fingerprint density at radius 3 is 2.38 bits per heavy atom. The first-order valence-corrected chi connectivity index (χ1v) is 11.0. The molecule has 29 heavy (non-hydrogen) atoms. The average molecular weight is 419 g/mol. The molecule has 1 amide bonds. The Morgan fingerprint density at radius 1 is 1.10 bits per heavy atom.